The van der Waals surface area contributed by atoms with Crippen LogP contribution in [-0.2, 0) is 23.1 Å². The van der Waals surface area contributed by atoms with Gasteiger partial charge in [-0.1, -0.05) is 0 Å². The van der Waals surface area contributed by atoms with E-state index in [0.29, 0.717) is 13.2 Å². The molecular formula is C10H17O5P. The maximum absolute atomic E-state index is 12.3. The second kappa shape index (κ2) is 5.62. The summed E-state index contributed by atoms with van der Waals surface area (Å²) in [5, 5.41) is 0. The molecule has 0 fully saturated rings. The summed E-state index contributed by atoms with van der Waals surface area (Å²) < 4.78 is 27.7. The van der Waals surface area contributed by atoms with Crippen molar-refractivity contribution in [3.63, 3.8) is 0 Å². The maximum Gasteiger partial charge on any atom is 0.337 e. The van der Waals surface area contributed by atoms with E-state index in [4.69, 9.17) is 13.8 Å². The van der Waals surface area contributed by atoms with Crippen LogP contribution in [0.15, 0.2) is 12.2 Å². The zero-order valence-electron chi connectivity index (χ0n) is 9.71. The normalized spacial score (nSPS) is 22.2. The Balaban J connectivity index is 2.75. The molecule has 1 unspecified atom stereocenters. The van der Waals surface area contributed by atoms with Crippen molar-refractivity contribution in [2.24, 2.45) is 0 Å². The van der Waals surface area contributed by atoms with Crippen LogP contribution in [0, 0.1) is 0 Å². The Morgan fingerprint density at radius 2 is 2.00 bits per heavy atom. The molecule has 16 heavy (non-hydrogen) atoms. The molecule has 0 saturated heterocycles. The zero-order chi connectivity index (χ0) is 12.2. The van der Waals surface area contributed by atoms with Gasteiger partial charge in [-0.3, -0.25) is 4.57 Å². The van der Waals surface area contributed by atoms with Crippen LogP contribution < -0.4 is 0 Å². The number of rotatable bonds is 6. The van der Waals surface area contributed by atoms with Crippen LogP contribution in [0.25, 0.3) is 0 Å². The first-order valence-corrected chi connectivity index (χ1v) is 6.92. The number of cyclic esters (lactones) is 1. The molecule has 6 heteroatoms. The van der Waals surface area contributed by atoms with Crippen LogP contribution in [0.2, 0.25) is 0 Å². The average Bonchev–Trinajstić information content (AvgIpc) is 2.64. The van der Waals surface area contributed by atoms with Gasteiger partial charge in [0, 0.05) is 6.08 Å². The van der Waals surface area contributed by atoms with Crippen molar-refractivity contribution in [3.05, 3.63) is 12.2 Å². The van der Waals surface area contributed by atoms with Gasteiger partial charge >= 0.3 is 13.6 Å². The summed E-state index contributed by atoms with van der Waals surface area (Å²) in [4.78, 5) is 10.9. The largest absolute Gasteiger partial charge is 0.454 e. The highest BCUT2D eigenvalue weighted by atomic mass is 31.2. The van der Waals surface area contributed by atoms with E-state index in [1.807, 2.05) is 0 Å². The summed E-state index contributed by atoms with van der Waals surface area (Å²) in [6.07, 6.45) is 2.37. The fourth-order valence-corrected chi connectivity index (χ4v) is 3.24. The second-order valence-corrected chi connectivity index (χ2v) is 5.79. The molecule has 92 valence electrons. The van der Waals surface area contributed by atoms with Crippen LogP contribution in [0.4, 0.5) is 0 Å². The molecule has 0 aromatic carbocycles. The fourth-order valence-electron chi connectivity index (χ4n) is 1.46. The van der Waals surface area contributed by atoms with Crippen molar-refractivity contribution >= 4 is 13.6 Å². The molecule has 2 atom stereocenters. The minimum atomic E-state index is -3.21. The summed E-state index contributed by atoms with van der Waals surface area (Å²) >= 11 is 0. The first-order valence-electron chi connectivity index (χ1n) is 5.31. The minimum absolute atomic E-state index is 0.298. The molecule has 5 nitrogen and oxygen atoms in total. The van der Waals surface area contributed by atoms with E-state index in [9.17, 15) is 9.36 Å². The number of ether oxygens (including phenoxy) is 1. The fraction of sp³-hybridized carbons (Fsp3) is 0.700. The lowest BCUT2D eigenvalue weighted by molar-refractivity contribution is -0.138. The van der Waals surface area contributed by atoms with Gasteiger partial charge in [-0.25, -0.2) is 4.79 Å². The highest BCUT2D eigenvalue weighted by Crippen LogP contribution is 2.54. The Morgan fingerprint density at radius 1 is 1.44 bits per heavy atom. The predicted octanol–water partition coefficient (Wildman–Crippen LogP) is 2.12. The molecule has 0 saturated carbocycles. The lowest BCUT2D eigenvalue weighted by atomic mass is 10.3. The van der Waals surface area contributed by atoms with Crippen molar-refractivity contribution < 1.29 is 23.1 Å². The molecule has 1 heterocycles. The molecule has 0 aliphatic carbocycles. The van der Waals surface area contributed by atoms with Crippen molar-refractivity contribution in [3.8, 4) is 0 Å². The molecule has 0 amide bonds. The predicted molar refractivity (Wildman–Crippen MR) is 59.3 cm³/mol. The quantitative estimate of drug-likeness (QED) is 0.532. The Labute approximate surface area is 95.3 Å². The van der Waals surface area contributed by atoms with Crippen LogP contribution >= 0.6 is 7.60 Å². The summed E-state index contributed by atoms with van der Waals surface area (Å²) in [5.74, 6) is -0.420. The monoisotopic (exact) mass is 248 g/mol. The average molecular weight is 248 g/mol. The topological polar surface area (TPSA) is 61.8 Å². The Kier molecular flexibility index (Phi) is 4.71. The van der Waals surface area contributed by atoms with Crippen molar-refractivity contribution in [2.45, 2.75) is 32.5 Å². The zero-order valence-corrected chi connectivity index (χ0v) is 10.6. The molecule has 1 aliphatic heterocycles. The molecule has 0 N–H and O–H groups in total. The van der Waals surface area contributed by atoms with E-state index in [-0.39, 0.29) is 0 Å². The number of carbonyl (C=O) groups is 1. The van der Waals surface area contributed by atoms with Crippen LogP contribution in [0.1, 0.15) is 20.8 Å². The first-order chi connectivity index (χ1) is 7.53. The van der Waals surface area contributed by atoms with E-state index in [1.54, 1.807) is 26.8 Å². The van der Waals surface area contributed by atoms with Gasteiger partial charge in [-0.05, 0) is 26.8 Å². The van der Waals surface area contributed by atoms with E-state index < -0.39 is 25.3 Å². The van der Waals surface area contributed by atoms with Crippen molar-refractivity contribution in [2.75, 3.05) is 13.2 Å². The van der Waals surface area contributed by atoms with E-state index >= 15 is 0 Å². The van der Waals surface area contributed by atoms with Crippen LogP contribution in [0.3, 0.4) is 0 Å². The van der Waals surface area contributed by atoms with E-state index in [2.05, 4.69) is 0 Å². The third-order valence-electron chi connectivity index (χ3n) is 2.27. The highest BCUT2D eigenvalue weighted by Gasteiger charge is 2.40. The Morgan fingerprint density at radius 3 is 2.38 bits per heavy atom. The summed E-state index contributed by atoms with van der Waals surface area (Å²) in [6, 6.07) is 0. The summed E-state index contributed by atoms with van der Waals surface area (Å²) in [5.41, 5.74) is -0.491. The van der Waals surface area contributed by atoms with Gasteiger partial charge in [0.05, 0.1) is 18.9 Å². The minimum Gasteiger partial charge on any atom is -0.454 e. The number of hydrogen-bond acceptors (Lipinski definition) is 5. The molecule has 0 aromatic heterocycles. The number of esters is 1. The lowest BCUT2D eigenvalue weighted by Crippen LogP contribution is -2.25. The molecule has 0 bridgehead atoms. The Hall–Kier alpha value is -0.640. The molecule has 0 radical (unpaired) electrons. The lowest BCUT2D eigenvalue weighted by Gasteiger charge is -2.26. The van der Waals surface area contributed by atoms with E-state index in [0.717, 1.165) is 0 Å². The van der Waals surface area contributed by atoms with E-state index in [1.165, 1.54) is 6.08 Å². The summed E-state index contributed by atoms with van der Waals surface area (Å²) in [6.45, 7) is 5.78. The van der Waals surface area contributed by atoms with Gasteiger partial charge in [0.15, 0.2) is 0 Å². The first kappa shape index (κ1) is 13.4. The van der Waals surface area contributed by atoms with Gasteiger partial charge < -0.3 is 13.8 Å². The molecule has 1 aliphatic rings. The highest BCUT2D eigenvalue weighted by molar-refractivity contribution is 7.54. The SMILES string of the molecule is CCOP(=O)(OCC)[C@H](C)C1C=CC(=O)O1. The molecular weight excluding hydrogens is 231 g/mol. The number of carbonyl (C=O) groups excluding carboxylic acids is 1. The third kappa shape index (κ3) is 2.94. The van der Waals surface area contributed by atoms with Gasteiger partial charge in [0.1, 0.15) is 6.10 Å². The van der Waals surface area contributed by atoms with Gasteiger partial charge in [0.25, 0.3) is 0 Å². The van der Waals surface area contributed by atoms with Gasteiger partial charge in [0.2, 0.25) is 0 Å². The standard InChI is InChI=1S/C10H17O5P/c1-4-13-16(12,14-5-2)8(3)9-6-7-10(11)15-9/h6-9H,4-5H2,1-3H3/t8-,9?/m1/s1. The molecule has 1 rings (SSSR count). The smallest absolute Gasteiger partial charge is 0.337 e. The summed E-state index contributed by atoms with van der Waals surface area (Å²) in [7, 11) is -3.21. The van der Waals surface area contributed by atoms with Crippen LogP contribution in [0.5, 0.6) is 0 Å². The number of hydrogen-bond donors (Lipinski definition) is 0. The molecule has 0 spiro atoms. The Bertz CT molecular complexity index is 315. The maximum atomic E-state index is 12.3. The van der Waals surface area contributed by atoms with Gasteiger partial charge in [-0.2, -0.15) is 0 Å². The van der Waals surface area contributed by atoms with Crippen LogP contribution in [-0.4, -0.2) is 30.9 Å². The molecule has 0 aromatic rings. The second-order valence-electron chi connectivity index (χ2n) is 3.38. The third-order valence-corrected chi connectivity index (χ3v) is 4.79. The van der Waals surface area contributed by atoms with Crippen molar-refractivity contribution in [1.82, 2.24) is 0 Å². The van der Waals surface area contributed by atoms with Gasteiger partial charge in [-0.15, -0.1) is 0 Å². The van der Waals surface area contributed by atoms with Crippen molar-refractivity contribution in [1.29, 1.82) is 0 Å².